The first-order valence-corrected chi connectivity index (χ1v) is 9.83. The standard InChI is InChI=1S/C22H19F3N2OS/c1-14(2)16-9-7-15(8-10-16)13-26-21-17(11-12-29-21)20(28)27-19-6-4-3-5-18(19)22(23,24)25/h3-14H,1-2H3,(H,27,28)/b26-13+. The van der Waals surface area contributed by atoms with Crippen LogP contribution in [0.1, 0.15) is 46.8 Å². The van der Waals surface area contributed by atoms with Crippen molar-refractivity contribution in [2.24, 2.45) is 4.99 Å². The van der Waals surface area contributed by atoms with Crippen LogP contribution in [0.2, 0.25) is 0 Å². The molecule has 150 valence electrons. The fourth-order valence-corrected chi connectivity index (χ4v) is 3.44. The van der Waals surface area contributed by atoms with Gasteiger partial charge in [0.1, 0.15) is 5.00 Å². The number of nitrogens with zero attached hydrogens (tertiary/aromatic N) is 1. The number of thiophene rings is 1. The summed E-state index contributed by atoms with van der Waals surface area (Å²) in [5, 5.41) is 4.46. The van der Waals surface area contributed by atoms with Crippen LogP contribution in [0.5, 0.6) is 0 Å². The molecule has 0 saturated heterocycles. The van der Waals surface area contributed by atoms with Crippen molar-refractivity contribution in [1.29, 1.82) is 0 Å². The van der Waals surface area contributed by atoms with Crippen molar-refractivity contribution in [3.8, 4) is 0 Å². The van der Waals surface area contributed by atoms with E-state index < -0.39 is 17.6 Å². The molecule has 0 radical (unpaired) electrons. The molecular formula is C22H19F3N2OS. The molecule has 1 aromatic heterocycles. The predicted octanol–water partition coefficient (Wildman–Crippen LogP) is 6.89. The molecule has 0 aliphatic heterocycles. The Kier molecular flexibility index (Phi) is 6.17. The number of aliphatic imine (C=N–C) groups is 1. The van der Waals surface area contributed by atoms with Crippen LogP contribution < -0.4 is 5.32 Å². The van der Waals surface area contributed by atoms with Crippen LogP contribution >= 0.6 is 11.3 Å². The van der Waals surface area contributed by atoms with Crippen molar-refractivity contribution in [3.05, 3.63) is 82.2 Å². The summed E-state index contributed by atoms with van der Waals surface area (Å²) in [6.07, 6.45) is -2.92. The van der Waals surface area contributed by atoms with E-state index in [9.17, 15) is 18.0 Å². The van der Waals surface area contributed by atoms with Crippen molar-refractivity contribution in [1.82, 2.24) is 0 Å². The molecule has 3 aromatic rings. The van der Waals surface area contributed by atoms with Crippen LogP contribution in [0.3, 0.4) is 0 Å². The molecule has 3 nitrogen and oxygen atoms in total. The first kappa shape index (κ1) is 20.8. The van der Waals surface area contributed by atoms with Gasteiger partial charge in [0.15, 0.2) is 0 Å². The van der Waals surface area contributed by atoms with Gasteiger partial charge in [-0.25, -0.2) is 4.99 Å². The Morgan fingerprint density at radius 3 is 2.41 bits per heavy atom. The number of halogens is 3. The van der Waals surface area contributed by atoms with Gasteiger partial charge in [-0.2, -0.15) is 13.2 Å². The minimum Gasteiger partial charge on any atom is -0.321 e. The average molecular weight is 416 g/mol. The molecule has 0 bridgehead atoms. The van der Waals surface area contributed by atoms with E-state index in [1.165, 1.54) is 35.1 Å². The smallest absolute Gasteiger partial charge is 0.321 e. The third-order valence-electron chi connectivity index (χ3n) is 4.30. The van der Waals surface area contributed by atoms with E-state index in [2.05, 4.69) is 24.2 Å². The maximum absolute atomic E-state index is 13.1. The number of alkyl halides is 3. The van der Waals surface area contributed by atoms with Crippen LogP contribution in [0, 0.1) is 0 Å². The molecule has 7 heteroatoms. The van der Waals surface area contributed by atoms with Crippen LogP contribution in [0.4, 0.5) is 23.9 Å². The number of amides is 1. The zero-order valence-corrected chi connectivity index (χ0v) is 16.6. The van der Waals surface area contributed by atoms with Crippen molar-refractivity contribution in [2.75, 3.05) is 5.32 Å². The molecule has 0 fully saturated rings. The lowest BCUT2D eigenvalue weighted by atomic mass is 10.0. The first-order chi connectivity index (χ1) is 13.8. The third kappa shape index (κ3) is 5.12. The summed E-state index contributed by atoms with van der Waals surface area (Å²) >= 11 is 1.24. The second-order valence-corrected chi connectivity index (χ2v) is 7.61. The lowest BCUT2D eigenvalue weighted by Crippen LogP contribution is -2.16. The maximum Gasteiger partial charge on any atom is 0.418 e. The molecule has 0 aliphatic rings. The average Bonchev–Trinajstić information content (AvgIpc) is 3.15. The number of anilines is 1. The molecule has 29 heavy (non-hydrogen) atoms. The minimum atomic E-state index is -4.55. The lowest BCUT2D eigenvalue weighted by Gasteiger charge is -2.13. The Morgan fingerprint density at radius 2 is 1.76 bits per heavy atom. The summed E-state index contributed by atoms with van der Waals surface area (Å²) < 4.78 is 39.4. The minimum absolute atomic E-state index is 0.224. The van der Waals surface area contributed by atoms with Gasteiger partial charge in [0.2, 0.25) is 0 Å². The molecular weight excluding hydrogens is 397 g/mol. The number of para-hydroxylation sites is 1. The van der Waals surface area contributed by atoms with Gasteiger partial charge in [-0.15, -0.1) is 11.3 Å². The second-order valence-electron chi connectivity index (χ2n) is 6.72. The number of hydrogen-bond donors (Lipinski definition) is 1. The summed E-state index contributed by atoms with van der Waals surface area (Å²) in [4.78, 5) is 16.9. The van der Waals surface area contributed by atoms with Gasteiger partial charge in [-0.1, -0.05) is 50.2 Å². The molecule has 0 unspecified atom stereocenters. The zero-order chi connectivity index (χ0) is 21.0. The predicted molar refractivity (Wildman–Crippen MR) is 112 cm³/mol. The Balaban J connectivity index is 1.79. The Morgan fingerprint density at radius 1 is 1.07 bits per heavy atom. The van der Waals surface area contributed by atoms with Gasteiger partial charge in [-0.05, 0) is 40.6 Å². The highest BCUT2D eigenvalue weighted by Gasteiger charge is 2.33. The highest BCUT2D eigenvalue weighted by Crippen LogP contribution is 2.35. The molecule has 0 aliphatic carbocycles. The molecule has 1 amide bonds. The van der Waals surface area contributed by atoms with Gasteiger partial charge in [-0.3, -0.25) is 4.79 Å². The van der Waals surface area contributed by atoms with E-state index in [-0.39, 0.29) is 11.3 Å². The fourth-order valence-electron chi connectivity index (χ4n) is 2.70. The van der Waals surface area contributed by atoms with Gasteiger partial charge >= 0.3 is 6.18 Å². The van der Waals surface area contributed by atoms with Crippen molar-refractivity contribution >= 4 is 34.1 Å². The van der Waals surface area contributed by atoms with Crippen LogP contribution in [-0.2, 0) is 6.18 Å². The van der Waals surface area contributed by atoms with Crippen LogP contribution in [0.15, 0.2) is 65.0 Å². The summed E-state index contributed by atoms with van der Waals surface area (Å²) in [6, 6.07) is 14.3. The number of carbonyl (C=O) groups excluding carboxylic acids is 1. The quantitative estimate of drug-likeness (QED) is 0.452. The van der Waals surface area contributed by atoms with E-state index in [0.29, 0.717) is 10.9 Å². The molecule has 1 heterocycles. The highest BCUT2D eigenvalue weighted by molar-refractivity contribution is 7.14. The molecule has 2 aromatic carbocycles. The number of rotatable bonds is 5. The zero-order valence-electron chi connectivity index (χ0n) is 15.8. The summed E-state index contributed by atoms with van der Waals surface area (Å²) in [5.74, 6) is -0.210. The topological polar surface area (TPSA) is 41.5 Å². The van der Waals surface area contributed by atoms with Crippen molar-refractivity contribution < 1.29 is 18.0 Å². The monoisotopic (exact) mass is 416 g/mol. The van der Waals surface area contributed by atoms with Crippen LogP contribution in [0.25, 0.3) is 0 Å². The largest absolute Gasteiger partial charge is 0.418 e. The van der Waals surface area contributed by atoms with E-state index >= 15 is 0 Å². The number of hydrogen-bond acceptors (Lipinski definition) is 3. The third-order valence-corrected chi connectivity index (χ3v) is 5.12. The molecule has 0 saturated carbocycles. The summed E-state index contributed by atoms with van der Waals surface area (Å²) in [7, 11) is 0. The van der Waals surface area contributed by atoms with Gasteiger partial charge in [0.25, 0.3) is 5.91 Å². The highest BCUT2D eigenvalue weighted by atomic mass is 32.1. The van der Waals surface area contributed by atoms with Gasteiger partial charge < -0.3 is 5.32 Å². The summed E-state index contributed by atoms with van der Waals surface area (Å²) in [5.41, 5.74) is 1.13. The van der Waals surface area contributed by atoms with Gasteiger partial charge in [0.05, 0.1) is 16.8 Å². The number of benzene rings is 2. The molecule has 1 N–H and O–H groups in total. The van der Waals surface area contributed by atoms with Gasteiger partial charge in [0, 0.05) is 6.21 Å². The van der Waals surface area contributed by atoms with E-state index in [0.717, 1.165) is 11.6 Å². The second kappa shape index (κ2) is 8.61. The Hall–Kier alpha value is -2.93. The SMILES string of the molecule is CC(C)c1ccc(/C=N/c2sccc2C(=O)Nc2ccccc2C(F)(F)F)cc1. The number of carbonyl (C=O) groups is 1. The Labute approximate surface area is 170 Å². The molecule has 0 spiro atoms. The van der Waals surface area contributed by atoms with Crippen molar-refractivity contribution in [3.63, 3.8) is 0 Å². The maximum atomic E-state index is 13.1. The van der Waals surface area contributed by atoms with E-state index in [1.807, 2.05) is 24.3 Å². The lowest BCUT2D eigenvalue weighted by molar-refractivity contribution is -0.136. The van der Waals surface area contributed by atoms with Crippen LogP contribution in [-0.4, -0.2) is 12.1 Å². The number of nitrogens with one attached hydrogen (secondary N) is 1. The summed E-state index contributed by atoms with van der Waals surface area (Å²) in [6.45, 7) is 4.22. The molecule has 3 rings (SSSR count). The van der Waals surface area contributed by atoms with E-state index in [4.69, 9.17) is 0 Å². The first-order valence-electron chi connectivity index (χ1n) is 8.95. The Bertz CT molecular complexity index is 1020. The van der Waals surface area contributed by atoms with E-state index in [1.54, 1.807) is 17.7 Å². The van der Waals surface area contributed by atoms with Crippen molar-refractivity contribution in [2.45, 2.75) is 25.9 Å². The normalized spacial score (nSPS) is 11.9. The fraction of sp³-hybridized carbons (Fsp3) is 0.182. The molecule has 0 atom stereocenters.